The van der Waals surface area contributed by atoms with E-state index in [0.717, 1.165) is 0 Å². The van der Waals surface area contributed by atoms with Crippen LogP contribution in [0.2, 0.25) is 0 Å². The smallest absolute Gasteiger partial charge is 0.234 e. The van der Waals surface area contributed by atoms with Gasteiger partial charge in [0, 0.05) is 18.8 Å². The van der Waals surface area contributed by atoms with E-state index < -0.39 is 5.54 Å². The second-order valence-corrected chi connectivity index (χ2v) is 5.70. The lowest BCUT2D eigenvalue weighted by molar-refractivity contribution is -0.124. The van der Waals surface area contributed by atoms with Gasteiger partial charge in [0.1, 0.15) is 0 Å². The molecule has 0 saturated carbocycles. The highest BCUT2D eigenvalue weighted by molar-refractivity contribution is 5.79. The number of aliphatic hydroxyl groups is 1. The van der Waals surface area contributed by atoms with Gasteiger partial charge in [0.15, 0.2) is 0 Å². The number of nitrogens with one attached hydrogen (secondary N) is 2. The van der Waals surface area contributed by atoms with Crippen LogP contribution in [0.1, 0.15) is 33.6 Å². The molecule has 0 aliphatic carbocycles. The van der Waals surface area contributed by atoms with Gasteiger partial charge in [-0.1, -0.05) is 0 Å². The Hall–Kier alpha value is -0.650. The molecule has 1 fully saturated rings. The lowest BCUT2D eigenvalue weighted by Gasteiger charge is -2.36. The van der Waals surface area contributed by atoms with Gasteiger partial charge < -0.3 is 20.5 Å². The van der Waals surface area contributed by atoms with Gasteiger partial charge in [-0.3, -0.25) is 4.79 Å². The minimum atomic E-state index is -0.491. The van der Waals surface area contributed by atoms with Crippen LogP contribution in [0.5, 0.6) is 0 Å². The Morgan fingerprint density at radius 3 is 2.41 bits per heavy atom. The Balaban J connectivity index is 2.42. The predicted molar refractivity (Wildman–Crippen MR) is 65.8 cm³/mol. The standard InChI is InChI=1S/C12H24N2O3/c1-11(2,3)13-8-10(16)14-12(9-15)4-6-17-7-5-12/h13,15H,4-9H2,1-3H3,(H,14,16). The van der Waals surface area contributed by atoms with E-state index in [0.29, 0.717) is 26.1 Å². The number of rotatable bonds is 4. The fourth-order valence-corrected chi connectivity index (χ4v) is 1.77. The van der Waals surface area contributed by atoms with E-state index in [-0.39, 0.29) is 24.6 Å². The van der Waals surface area contributed by atoms with Gasteiger partial charge in [0.25, 0.3) is 0 Å². The van der Waals surface area contributed by atoms with Crippen LogP contribution in [0.3, 0.4) is 0 Å². The quantitative estimate of drug-likeness (QED) is 0.652. The topological polar surface area (TPSA) is 70.6 Å². The van der Waals surface area contributed by atoms with Crippen molar-refractivity contribution in [3.05, 3.63) is 0 Å². The molecule has 1 rings (SSSR count). The van der Waals surface area contributed by atoms with Crippen LogP contribution in [0.15, 0.2) is 0 Å². The normalized spacial score (nSPS) is 20.0. The maximum absolute atomic E-state index is 11.8. The minimum absolute atomic E-state index is 0.0301. The van der Waals surface area contributed by atoms with E-state index in [1.165, 1.54) is 0 Å². The van der Waals surface area contributed by atoms with Gasteiger partial charge in [-0.15, -0.1) is 0 Å². The molecule has 1 amide bonds. The summed E-state index contributed by atoms with van der Waals surface area (Å²) in [6.07, 6.45) is 1.34. The molecule has 0 unspecified atom stereocenters. The van der Waals surface area contributed by atoms with Crippen molar-refractivity contribution in [3.63, 3.8) is 0 Å². The van der Waals surface area contributed by atoms with Gasteiger partial charge in [-0.2, -0.15) is 0 Å². The van der Waals surface area contributed by atoms with Crippen LogP contribution in [0, 0.1) is 0 Å². The molecule has 0 atom stereocenters. The number of amides is 1. The van der Waals surface area contributed by atoms with Gasteiger partial charge in [-0.25, -0.2) is 0 Å². The van der Waals surface area contributed by atoms with Crippen LogP contribution >= 0.6 is 0 Å². The molecular formula is C12H24N2O3. The van der Waals surface area contributed by atoms with E-state index in [9.17, 15) is 9.90 Å². The molecule has 0 radical (unpaired) electrons. The van der Waals surface area contributed by atoms with Crippen LogP contribution in [-0.2, 0) is 9.53 Å². The maximum atomic E-state index is 11.8. The second kappa shape index (κ2) is 5.80. The van der Waals surface area contributed by atoms with Crippen molar-refractivity contribution in [2.24, 2.45) is 0 Å². The molecule has 0 aromatic heterocycles. The van der Waals surface area contributed by atoms with E-state index in [2.05, 4.69) is 10.6 Å². The van der Waals surface area contributed by atoms with Gasteiger partial charge in [0.2, 0.25) is 5.91 Å². The summed E-state index contributed by atoms with van der Waals surface area (Å²) in [6, 6.07) is 0. The largest absolute Gasteiger partial charge is 0.394 e. The van der Waals surface area contributed by atoms with Crippen molar-refractivity contribution in [1.29, 1.82) is 0 Å². The number of hydrogen-bond acceptors (Lipinski definition) is 4. The third kappa shape index (κ3) is 5.02. The lowest BCUT2D eigenvalue weighted by atomic mass is 9.91. The first-order chi connectivity index (χ1) is 7.87. The van der Waals surface area contributed by atoms with Crippen LogP contribution in [0.4, 0.5) is 0 Å². The first-order valence-corrected chi connectivity index (χ1v) is 6.12. The van der Waals surface area contributed by atoms with Crippen molar-refractivity contribution in [2.45, 2.75) is 44.7 Å². The summed E-state index contributed by atoms with van der Waals surface area (Å²) in [7, 11) is 0. The molecule has 17 heavy (non-hydrogen) atoms. The zero-order valence-corrected chi connectivity index (χ0v) is 11.0. The molecule has 0 spiro atoms. The first-order valence-electron chi connectivity index (χ1n) is 6.12. The maximum Gasteiger partial charge on any atom is 0.234 e. The summed E-state index contributed by atoms with van der Waals surface area (Å²) in [4.78, 5) is 11.8. The number of aliphatic hydroxyl groups excluding tert-OH is 1. The minimum Gasteiger partial charge on any atom is -0.394 e. The first kappa shape index (κ1) is 14.4. The zero-order valence-electron chi connectivity index (χ0n) is 11.0. The van der Waals surface area contributed by atoms with Crippen molar-refractivity contribution in [2.75, 3.05) is 26.4 Å². The summed E-state index contributed by atoms with van der Waals surface area (Å²) < 4.78 is 5.24. The molecule has 5 nitrogen and oxygen atoms in total. The lowest BCUT2D eigenvalue weighted by Crippen LogP contribution is -2.57. The third-order valence-electron chi connectivity index (χ3n) is 2.94. The van der Waals surface area contributed by atoms with E-state index in [4.69, 9.17) is 4.74 Å². The number of hydrogen-bond donors (Lipinski definition) is 3. The Bertz CT molecular complexity index is 255. The molecule has 100 valence electrons. The SMILES string of the molecule is CC(C)(C)NCC(=O)NC1(CO)CCOCC1. The van der Waals surface area contributed by atoms with E-state index >= 15 is 0 Å². The Labute approximate surface area is 103 Å². The van der Waals surface area contributed by atoms with Gasteiger partial charge in [0.05, 0.1) is 18.7 Å². The molecule has 5 heteroatoms. The van der Waals surface area contributed by atoms with Crippen LogP contribution in [-0.4, -0.2) is 48.5 Å². The van der Waals surface area contributed by atoms with E-state index in [1.807, 2.05) is 20.8 Å². The van der Waals surface area contributed by atoms with Crippen molar-refractivity contribution < 1.29 is 14.6 Å². The molecule has 1 heterocycles. The Morgan fingerprint density at radius 2 is 1.94 bits per heavy atom. The predicted octanol–water partition coefficient (Wildman–Crippen LogP) is 0.0322. The molecule has 1 aliphatic heterocycles. The summed E-state index contributed by atoms with van der Waals surface area (Å²) >= 11 is 0. The Morgan fingerprint density at radius 1 is 1.35 bits per heavy atom. The molecule has 0 aromatic carbocycles. The Kier molecular flexibility index (Phi) is 4.91. The second-order valence-electron chi connectivity index (χ2n) is 5.70. The fourth-order valence-electron chi connectivity index (χ4n) is 1.77. The van der Waals surface area contributed by atoms with E-state index in [1.54, 1.807) is 0 Å². The van der Waals surface area contributed by atoms with Crippen molar-refractivity contribution in [1.82, 2.24) is 10.6 Å². The zero-order chi connectivity index (χ0) is 12.9. The van der Waals surface area contributed by atoms with Gasteiger partial charge in [-0.05, 0) is 33.6 Å². The van der Waals surface area contributed by atoms with Crippen LogP contribution < -0.4 is 10.6 Å². The average Bonchev–Trinajstić information content (AvgIpc) is 2.27. The summed E-state index contributed by atoms with van der Waals surface area (Å²) in [6.45, 7) is 7.45. The fraction of sp³-hybridized carbons (Fsp3) is 0.917. The third-order valence-corrected chi connectivity index (χ3v) is 2.94. The summed E-state index contributed by atoms with van der Waals surface area (Å²) in [5.74, 6) is -0.0733. The van der Waals surface area contributed by atoms with Crippen LogP contribution in [0.25, 0.3) is 0 Å². The van der Waals surface area contributed by atoms with Crippen molar-refractivity contribution in [3.8, 4) is 0 Å². The number of carbonyl (C=O) groups excluding carboxylic acids is 1. The molecule has 3 N–H and O–H groups in total. The molecule has 0 bridgehead atoms. The van der Waals surface area contributed by atoms with Gasteiger partial charge >= 0.3 is 0 Å². The highest BCUT2D eigenvalue weighted by Gasteiger charge is 2.33. The number of ether oxygens (including phenoxy) is 1. The highest BCUT2D eigenvalue weighted by atomic mass is 16.5. The monoisotopic (exact) mass is 244 g/mol. The molecule has 1 saturated heterocycles. The molecular weight excluding hydrogens is 220 g/mol. The molecule has 1 aliphatic rings. The number of carbonyl (C=O) groups is 1. The van der Waals surface area contributed by atoms with Crippen molar-refractivity contribution >= 4 is 5.91 Å². The molecule has 0 aromatic rings. The summed E-state index contributed by atoms with van der Waals surface area (Å²) in [5, 5.41) is 15.5. The average molecular weight is 244 g/mol. The summed E-state index contributed by atoms with van der Waals surface area (Å²) in [5.41, 5.74) is -0.575. The highest BCUT2D eigenvalue weighted by Crippen LogP contribution is 2.19.